The summed E-state index contributed by atoms with van der Waals surface area (Å²) in [5, 5.41) is 0. The van der Waals surface area contributed by atoms with E-state index in [4.69, 9.17) is 9.47 Å². The highest BCUT2D eigenvalue weighted by Gasteiger charge is 2.07. The van der Waals surface area contributed by atoms with Gasteiger partial charge in [-0.25, -0.2) is 0 Å². The van der Waals surface area contributed by atoms with Crippen molar-refractivity contribution in [2.45, 2.75) is 72.8 Å². The number of rotatable bonds is 12. The standard InChI is InChI=1S/C18H34O2/c1-6-7-12-18(20-14-9-11-17(4)5)15-19-13-8-10-16(2)3/h8-9,13-14,16-18H,6-7,10-12,15H2,1-5H3/b13-8+,14-9+. The molecule has 20 heavy (non-hydrogen) atoms. The first-order valence-electron chi connectivity index (χ1n) is 8.13. The molecular weight excluding hydrogens is 248 g/mol. The van der Waals surface area contributed by atoms with Crippen molar-refractivity contribution in [1.29, 1.82) is 0 Å². The highest BCUT2D eigenvalue weighted by atomic mass is 16.5. The Kier molecular flexibility index (Phi) is 12.5. The maximum absolute atomic E-state index is 5.78. The Balaban J connectivity index is 3.94. The fourth-order valence-corrected chi connectivity index (χ4v) is 1.68. The fourth-order valence-electron chi connectivity index (χ4n) is 1.68. The second-order valence-electron chi connectivity index (χ2n) is 6.24. The highest BCUT2D eigenvalue weighted by molar-refractivity contribution is 4.78. The molecule has 1 atom stereocenters. The van der Waals surface area contributed by atoms with Crippen LogP contribution in [0, 0.1) is 11.8 Å². The van der Waals surface area contributed by atoms with Gasteiger partial charge in [-0.3, -0.25) is 0 Å². The molecule has 0 aromatic heterocycles. The topological polar surface area (TPSA) is 18.5 Å². The molecule has 2 nitrogen and oxygen atoms in total. The van der Waals surface area contributed by atoms with E-state index in [-0.39, 0.29) is 6.10 Å². The third kappa shape index (κ3) is 13.5. The smallest absolute Gasteiger partial charge is 0.132 e. The van der Waals surface area contributed by atoms with Crippen LogP contribution in [0.5, 0.6) is 0 Å². The van der Waals surface area contributed by atoms with Gasteiger partial charge in [0.25, 0.3) is 0 Å². The minimum absolute atomic E-state index is 0.169. The average Bonchev–Trinajstić information content (AvgIpc) is 2.38. The maximum Gasteiger partial charge on any atom is 0.132 e. The van der Waals surface area contributed by atoms with Gasteiger partial charge in [0.1, 0.15) is 12.7 Å². The van der Waals surface area contributed by atoms with Crippen LogP contribution in [0.1, 0.15) is 66.7 Å². The van der Waals surface area contributed by atoms with Crippen LogP contribution in [0.3, 0.4) is 0 Å². The SMILES string of the molecule is CCCCC(CO/C=C/CC(C)C)O/C=C/CC(C)C. The van der Waals surface area contributed by atoms with Gasteiger partial charge in [-0.2, -0.15) is 0 Å². The van der Waals surface area contributed by atoms with Gasteiger partial charge in [-0.05, 0) is 49.7 Å². The molecule has 0 rings (SSSR count). The Hall–Kier alpha value is -0.920. The summed E-state index contributed by atoms with van der Waals surface area (Å²) in [6.45, 7) is 11.7. The molecule has 0 spiro atoms. The monoisotopic (exact) mass is 282 g/mol. The number of hydrogen-bond acceptors (Lipinski definition) is 2. The minimum atomic E-state index is 0.169. The zero-order valence-corrected chi connectivity index (χ0v) is 14.1. The lowest BCUT2D eigenvalue weighted by Gasteiger charge is -2.16. The number of allylic oxidation sites excluding steroid dienone is 2. The van der Waals surface area contributed by atoms with Crippen LogP contribution in [0.25, 0.3) is 0 Å². The summed E-state index contributed by atoms with van der Waals surface area (Å²) >= 11 is 0. The summed E-state index contributed by atoms with van der Waals surface area (Å²) in [5.74, 6) is 1.36. The molecule has 0 saturated heterocycles. The predicted molar refractivity (Wildman–Crippen MR) is 87.5 cm³/mol. The van der Waals surface area contributed by atoms with Gasteiger partial charge in [-0.1, -0.05) is 41.0 Å². The van der Waals surface area contributed by atoms with Crippen molar-refractivity contribution in [2.75, 3.05) is 6.61 Å². The summed E-state index contributed by atoms with van der Waals surface area (Å²) in [5.41, 5.74) is 0. The molecule has 1 unspecified atom stereocenters. The van der Waals surface area contributed by atoms with Crippen LogP contribution in [-0.4, -0.2) is 12.7 Å². The largest absolute Gasteiger partial charge is 0.498 e. The molecule has 0 saturated carbocycles. The molecule has 0 aliphatic carbocycles. The molecule has 0 aliphatic heterocycles. The van der Waals surface area contributed by atoms with E-state index in [1.54, 1.807) is 0 Å². The molecule has 118 valence electrons. The number of unbranched alkanes of at least 4 members (excludes halogenated alkanes) is 1. The van der Waals surface area contributed by atoms with E-state index in [1.165, 1.54) is 12.8 Å². The third-order valence-corrected chi connectivity index (χ3v) is 2.94. The van der Waals surface area contributed by atoms with Crippen molar-refractivity contribution in [1.82, 2.24) is 0 Å². The Labute approximate surface area is 126 Å². The third-order valence-electron chi connectivity index (χ3n) is 2.94. The van der Waals surface area contributed by atoms with Gasteiger partial charge < -0.3 is 9.47 Å². The average molecular weight is 282 g/mol. The summed E-state index contributed by atoms with van der Waals surface area (Å²) in [7, 11) is 0. The Bertz CT molecular complexity index is 254. The highest BCUT2D eigenvalue weighted by Crippen LogP contribution is 2.08. The second-order valence-corrected chi connectivity index (χ2v) is 6.24. The van der Waals surface area contributed by atoms with Gasteiger partial charge in [-0.15, -0.1) is 0 Å². The van der Waals surface area contributed by atoms with Crippen molar-refractivity contribution in [3.8, 4) is 0 Å². The lowest BCUT2D eigenvalue weighted by atomic mass is 10.1. The van der Waals surface area contributed by atoms with E-state index in [2.05, 4.69) is 46.8 Å². The number of hydrogen-bond donors (Lipinski definition) is 0. The lowest BCUT2D eigenvalue weighted by Crippen LogP contribution is -2.16. The molecule has 0 N–H and O–H groups in total. The van der Waals surface area contributed by atoms with Gasteiger partial charge in [0.2, 0.25) is 0 Å². The quantitative estimate of drug-likeness (QED) is 0.428. The molecule has 0 aromatic rings. The van der Waals surface area contributed by atoms with E-state index < -0.39 is 0 Å². The van der Waals surface area contributed by atoms with E-state index in [0.717, 1.165) is 19.3 Å². The summed E-state index contributed by atoms with van der Waals surface area (Å²) in [4.78, 5) is 0. The number of ether oxygens (including phenoxy) is 2. The molecule has 0 radical (unpaired) electrons. The van der Waals surface area contributed by atoms with Gasteiger partial charge >= 0.3 is 0 Å². The zero-order chi connectivity index (χ0) is 15.2. The van der Waals surface area contributed by atoms with Crippen LogP contribution in [0.15, 0.2) is 24.7 Å². The summed E-state index contributed by atoms with van der Waals surface area (Å²) in [6.07, 6.45) is 13.6. The van der Waals surface area contributed by atoms with Crippen molar-refractivity contribution < 1.29 is 9.47 Å². The van der Waals surface area contributed by atoms with Gasteiger partial charge in [0.15, 0.2) is 0 Å². The van der Waals surface area contributed by atoms with Crippen LogP contribution < -0.4 is 0 Å². The van der Waals surface area contributed by atoms with Crippen molar-refractivity contribution >= 4 is 0 Å². The maximum atomic E-state index is 5.78. The molecule has 0 heterocycles. The molecule has 0 fully saturated rings. The minimum Gasteiger partial charge on any atom is -0.498 e. The van der Waals surface area contributed by atoms with Crippen LogP contribution in [-0.2, 0) is 9.47 Å². The van der Waals surface area contributed by atoms with Crippen LogP contribution >= 0.6 is 0 Å². The van der Waals surface area contributed by atoms with E-state index in [9.17, 15) is 0 Å². The Morgan fingerprint density at radius 3 is 2.05 bits per heavy atom. The molecule has 0 aliphatic rings. The molecule has 0 aromatic carbocycles. The fraction of sp³-hybridized carbons (Fsp3) is 0.778. The first-order valence-corrected chi connectivity index (χ1v) is 8.13. The van der Waals surface area contributed by atoms with Crippen molar-refractivity contribution in [3.05, 3.63) is 24.7 Å². The summed E-state index contributed by atoms with van der Waals surface area (Å²) in [6, 6.07) is 0. The molecule has 0 amide bonds. The first kappa shape index (κ1) is 19.1. The Morgan fingerprint density at radius 2 is 1.50 bits per heavy atom. The van der Waals surface area contributed by atoms with Crippen LogP contribution in [0.2, 0.25) is 0 Å². The van der Waals surface area contributed by atoms with E-state index >= 15 is 0 Å². The molecular formula is C18H34O2. The van der Waals surface area contributed by atoms with E-state index in [1.807, 2.05) is 12.5 Å². The zero-order valence-electron chi connectivity index (χ0n) is 14.1. The normalized spacial score (nSPS) is 13.8. The van der Waals surface area contributed by atoms with Gasteiger partial charge in [0.05, 0.1) is 12.5 Å². The Morgan fingerprint density at radius 1 is 0.900 bits per heavy atom. The second kappa shape index (κ2) is 13.1. The molecule has 0 bridgehead atoms. The van der Waals surface area contributed by atoms with Crippen LogP contribution in [0.4, 0.5) is 0 Å². The van der Waals surface area contributed by atoms with Crippen molar-refractivity contribution in [3.63, 3.8) is 0 Å². The lowest BCUT2D eigenvalue weighted by molar-refractivity contribution is 0.0604. The van der Waals surface area contributed by atoms with Gasteiger partial charge in [0, 0.05) is 0 Å². The van der Waals surface area contributed by atoms with E-state index in [0.29, 0.717) is 18.4 Å². The summed E-state index contributed by atoms with van der Waals surface area (Å²) < 4.78 is 11.4. The predicted octanol–water partition coefficient (Wildman–Crippen LogP) is 5.70. The molecule has 2 heteroatoms. The van der Waals surface area contributed by atoms with Crippen molar-refractivity contribution in [2.24, 2.45) is 11.8 Å². The first-order chi connectivity index (χ1) is 9.56.